The molecule has 1 amide bonds. The van der Waals surface area contributed by atoms with Crippen molar-refractivity contribution in [2.24, 2.45) is 0 Å². The van der Waals surface area contributed by atoms with E-state index in [2.05, 4.69) is 23.5 Å². The Morgan fingerprint density at radius 1 is 1.05 bits per heavy atom. The molecule has 0 saturated carbocycles. The van der Waals surface area contributed by atoms with Crippen molar-refractivity contribution in [3.63, 3.8) is 0 Å². The number of nitrogens with one attached hydrogen (secondary N) is 1. The van der Waals surface area contributed by atoms with Crippen molar-refractivity contribution in [1.29, 1.82) is 0 Å². The van der Waals surface area contributed by atoms with Crippen LogP contribution < -0.4 is 14.8 Å². The van der Waals surface area contributed by atoms with Crippen LogP contribution in [0, 0.1) is 13.8 Å². The van der Waals surface area contributed by atoms with Gasteiger partial charge in [-0.3, -0.25) is 4.79 Å². The number of carbonyl (C=O) groups is 1. The zero-order valence-corrected chi connectivity index (χ0v) is 13.4. The van der Waals surface area contributed by atoms with Crippen molar-refractivity contribution in [1.82, 2.24) is 5.32 Å². The molecular weight excluding hydrogens is 278 g/mol. The van der Waals surface area contributed by atoms with Gasteiger partial charge in [0.2, 0.25) is 0 Å². The number of methoxy groups -OCH3 is 2. The Bertz CT molecular complexity index is 658. The van der Waals surface area contributed by atoms with E-state index in [0.717, 1.165) is 11.1 Å². The van der Waals surface area contributed by atoms with E-state index in [1.807, 2.05) is 13.8 Å². The number of carbonyl (C=O) groups excluding carboxylic acids is 1. The lowest BCUT2D eigenvalue weighted by Gasteiger charge is -2.14. The molecule has 0 atom stereocenters. The Morgan fingerprint density at radius 2 is 1.68 bits per heavy atom. The van der Waals surface area contributed by atoms with Crippen LogP contribution in [0.2, 0.25) is 0 Å². The summed E-state index contributed by atoms with van der Waals surface area (Å²) in [6.45, 7) is 4.53. The predicted octanol–water partition coefficient (Wildman–Crippen LogP) is 3.25. The van der Waals surface area contributed by atoms with E-state index < -0.39 is 0 Å². The molecule has 0 radical (unpaired) electrons. The molecule has 22 heavy (non-hydrogen) atoms. The zero-order chi connectivity index (χ0) is 16.1. The zero-order valence-electron chi connectivity index (χ0n) is 13.4. The minimum Gasteiger partial charge on any atom is -0.496 e. The molecule has 0 aromatic heterocycles. The second-order valence-corrected chi connectivity index (χ2v) is 5.15. The van der Waals surface area contributed by atoms with Gasteiger partial charge in [-0.15, -0.1) is 0 Å². The van der Waals surface area contributed by atoms with Crippen LogP contribution in [-0.2, 0) is 6.54 Å². The Balaban J connectivity index is 2.21. The van der Waals surface area contributed by atoms with Gasteiger partial charge in [-0.1, -0.05) is 29.8 Å². The third-order valence-corrected chi connectivity index (χ3v) is 3.60. The van der Waals surface area contributed by atoms with Crippen LogP contribution in [0.1, 0.15) is 27.0 Å². The molecule has 2 aromatic rings. The maximum atomic E-state index is 12.5. The van der Waals surface area contributed by atoms with Crippen molar-refractivity contribution in [3.8, 4) is 11.5 Å². The van der Waals surface area contributed by atoms with E-state index in [1.165, 1.54) is 19.8 Å². The molecule has 1 N–H and O–H groups in total. The number of amides is 1. The van der Waals surface area contributed by atoms with E-state index in [9.17, 15) is 4.79 Å². The number of benzene rings is 2. The minimum absolute atomic E-state index is 0.213. The van der Waals surface area contributed by atoms with Gasteiger partial charge in [0.25, 0.3) is 5.91 Å². The molecule has 0 unspecified atom stereocenters. The number of hydrogen-bond donors (Lipinski definition) is 1. The second-order valence-electron chi connectivity index (χ2n) is 5.15. The molecule has 0 aliphatic heterocycles. The number of hydrogen-bond acceptors (Lipinski definition) is 3. The second kappa shape index (κ2) is 6.98. The molecule has 0 saturated heterocycles. The lowest BCUT2D eigenvalue weighted by Crippen LogP contribution is -2.24. The van der Waals surface area contributed by atoms with Crippen LogP contribution in [0.3, 0.4) is 0 Å². The average Bonchev–Trinajstić information content (AvgIpc) is 2.54. The molecular formula is C18H21NO3. The van der Waals surface area contributed by atoms with Crippen molar-refractivity contribution >= 4 is 5.91 Å². The summed E-state index contributed by atoms with van der Waals surface area (Å²) >= 11 is 0. The summed E-state index contributed by atoms with van der Waals surface area (Å²) in [7, 11) is 3.08. The van der Waals surface area contributed by atoms with Crippen LogP contribution in [0.5, 0.6) is 11.5 Å². The first-order chi connectivity index (χ1) is 10.6. The van der Waals surface area contributed by atoms with E-state index in [-0.39, 0.29) is 5.91 Å². The van der Waals surface area contributed by atoms with E-state index in [4.69, 9.17) is 9.47 Å². The van der Waals surface area contributed by atoms with Gasteiger partial charge in [-0.2, -0.15) is 0 Å². The smallest absolute Gasteiger partial charge is 0.259 e. The van der Waals surface area contributed by atoms with Crippen molar-refractivity contribution < 1.29 is 14.3 Å². The summed E-state index contributed by atoms with van der Waals surface area (Å²) in [6, 6.07) is 11.5. The molecule has 0 aliphatic rings. The Kier molecular flexibility index (Phi) is 5.04. The molecule has 2 rings (SSSR count). The molecule has 0 heterocycles. The Morgan fingerprint density at radius 3 is 2.27 bits per heavy atom. The molecule has 4 nitrogen and oxygen atoms in total. The SMILES string of the molecule is COc1cccc(OC)c1C(=O)NCc1cc(C)ccc1C. The Hall–Kier alpha value is -2.49. The molecule has 0 spiro atoms. The van der Waals surface area contributed by atoms with Crippen LogP contribution >= 0.6 is 0 Å². The highest BCUT2D eigenvalue weighted by molar-refractivity contribution is 5.99. The van der Waals surface area contributed by atoms with Crippen LogP contribution in [-0.4, -0.2) is 20.1 Å². The highest BCUT2D eigenvalue weighted by atomic mass is 16.5. The standard InChI is InChI=1S/C18H21NO3/c1-12-8-9-13(2)14(10-12)11-19-18(20)17-15(21-3)6-5-7-16(17)22-4/h5-10H,11H2,1-4H3,(H,19,20). The molecule has 116 valence electrons. The minimum atomic E-state index is -0.213. The largest absolute Gasteiger partial charge is 0.496 e. The van der Waals surface area contributed by atoms with Crippen molar-refractivity contribution in [2.45, 2.75) is 20.4 Å². The van der Waals surface area contributed by atoms with Gasteiger partial charge in [0.05, 0.1) is 14.2 Å². The molecule has 0 aliphatic carbocycles. The summed E-state index contributed by atoms with van der Waals surface area (Å²) in [5, 5.41) is 2.93. The first kappa shape index (κ1) is 15.9. The summed E-state index contributed by atoms with van der Waals surface area (Å²) < 4.78 is 10.5. The summed E-state index contributed by atoms with van der Waals surface area (Å²) in [4.78, 5) is 12.5. The average molecular weight is 299 g/mol. The molecule has 2 aromatic carbocycles. The number of aryl methyl sites for hydroxylation is 2. The van der Waals surface area contributed by atoms with Gasteiger partial charge in [-0.25, -0.2) is 0 Å². The highest BCUT2D eigenvalue weighted by Crippen LogP contribution is 2.28. The van der Waals surface area contributed by atoms with Gasteiger partial charge in [0.15, 0.2) is 0 Å². The van der Waals surface area contributed by atoms with Crippen LogP contribution in [0.15, 0.2) is 36.4 Å². The quantitative estimate of drug-likeness (QED) is 0.922. The fourth-order valence-electron chi connectivity index (χ4n) is 2.33. The van der Waals surface area contributed by atoms with E-state index in [1.54, 1.807) is 18.2 Å². The topological polar surface area (TPSA) is 47.6 Å². The van der Waals surface area contributed by atoms with Gasteiger partial charge in [0.1, 0.15) is 17.1 Å². The van der Waals surface area contributed by atoms with E-state index >= 15 is 0 Å². The van der Waals surface area contributed by atoms with Gasteiger partial charge >= 0.3 is 0 Å². The predicted molar refractivity (Wildman–Crippen MR) is 86.6 cm³/mol. The lowest BCUT2D eigenvalue weighted by atomic mass is 10.1. The first-order valence-electron chi connectivity index (χ1n) is 7.12. The highest BCUT2D eigenvalue weighted by Gasteiger charge is 2.17. The lowest BCUT2D eigenvalue weighted by molar-refractivity contribution is 0.0944. The Labute approximate surface area is 131 Å². The normalized spacial score (nSPS) is 10.2. The van der Waals surface area contributed by atoms with Gasteiger partial charge < -0.3 is 14.8 Å². The van der Waals surface area contributed by atoms with Crippen molar-refractivity contribution in [3.05, 3.63) is 58.7 Å². The van der Waals surface area contributed by atoms with Gasteiger partial charge in [-0.05, 0) is 37.1 Å². The van der Waals surface area contributed by atoms with E-state index in [0.29, 0.717) is 23.6 Å². The van der Waals surface area contributed by atoms with Crippen LogP contribution in [0.25, 0.3) is 0 Å². The maximum Gasteiger partial charge on any atom is 0.259 e. The fourth-order valence-corrected chi connectivity index (χ4v) is 2.33. The number of rotatable bonds is 5. The first-order valence-corrected chi connectivity index (χ1v) is 7.12. The van der Waals surface area contributed by atoms with Crippen LogP contribution in [0.4, 0.5) is 0 Å². The maximum absolute atomic E-state index is 12.5. The fraction of sp³-hybridized carbons (Fsp3) is 0.278. The molecule has 0 fully saturated rings. The van der Waals surface area contributed by atoms with Gasteiger partial charge in [0, 0.05) is 6.54 Å². The summed E-state index contributed by atoms with van der Waals surface area (Å²) in [5.74, 6) is 0.783. The monoisotopic (exact) mass is 299 g/mol. The molecule has 4 heteroatoms. The third-order valence-electron chi connectivity index (χ3n) is 3.60. The summed E-state index contributed by atoms with van der Waals surface area (Å²) in [6.07, 6.45) is 0. The third kappa shape index (κ3) is 3.39. The summed E-state index contributed by atoms with van der Waals surface area (Å²) in [5.41, 5.74) is 3.84. The number of ether oxygens (including phenoxy) is 2. The molecule has 0 bridgehead atoms. The van der Waals surface area contributed by atoms with Crippen molar-refractivity contribution in [2.75, 3.05) is 14.2 Å².